The molecule has 17 heavy (non-hydrogen) atoms. The molecule has 0 unspecified atom stereocenters. The standard InChI is InChI=1S/C12H9BrCl2N2/c1-2-9-16-11(14)10(12(15)17-9)7-3-5-8(13)6-4-7/h3-6H,2H2,1H3. The Morgan fingerprint density at radius 2 is 1.59 bits per heavy atom. The van der Waals surface area contributed by atoms with Gasteiger partial charge in [0.15, 0.2) is 0 Å². The van der Waals surface area contributed by atoms with Crippen LogP contribution in [0.5, 0.6) is 0 Å². The minimum Gasteiger partial charge on any atom is -0.220 e. The molecule has 88 valence electrons. The van der Waals surface area contributed by atoms with Crippen LogP contribution in [0.15, 0.2) is 28.7 Å². The molecule has 0 amide bonds. The Morgan fingerprint density at radius 3 is 2.06 bits per heavy atom. The molecule has 0 aliphatic carbocycles. The lowest BCUT2D eigenvalue weighted by Gasteiger charge is -2.07. The number of rotatable bonds is 2. The van der Waals surface area contributed by atoms with Gasteiger partial charge in [-0.05, 0) is 17.7 Å². The van der Waals surface area contributed by atoms with Gasteiger partial charge in [-0.25, -0.2) is 9.97 Å². The maximum Gasteiger partial charge on any atom is 0.142 e. The maximum atomic E-state index is 6.14. The highest BCUT2D eigenvalue weighted by Gasteiger charge is 2.12. The molecule has 1 heterocycles. The Morgan fingerprint density at radius 1 is 1.06 bits per heavy atom. The van der Waals surface area contributed by atoms with Crippen LogP contribution in [0.4, 0.5) is 0 Å². The molecule has 2 rings (SSSR count). The smallest absolute Gasteiger partial charge is 0.142 e. The van der Waals surface area contributed by atoms with E-state index in [1.165, 1.54) is 0 Å². The Bertz CT molecular complexity index is 518. The SMILES string of the molecule is CCc1nc(Cl)c(-c2ccc(Br)cc2)c(Cl)n1. The monoisotopic (exact) mass is 330 g/mol. The number of aryl methyl sites for hydroxylation is 1. The molecule has 0 saturated carbocycles. The van der Waals surface area contributed by atoms with Crippen molar-refractivity contribution in [3.8, 4) is 11.1 Å². The molecule has 0 aliphatic heterocycles. The summed E-state index contributed by atoms with van der Waals surface area (Å²) in [6.45, 7) is 1.96. The topological polar surface area (TPSA) is 25.8 Å². The summed E-state index contributed by atoms with van der Waals surface area (Å²) in [5, 5.41) is 0.786. The van der Waals surface area contributed by atoms with Crippen molar-refractivity contribution in [3.05, 3.63) is 44.9 Å². The van der Waals surface area contributed by atoms with Crippen molar-refractivity contribution >= 4 is 39.1 Å². The highest BCUT2D eigenvalue weighted by atomic mass is 79.9. The molecular formula is C12H9BrCl2N2. The minimum absolute atomic E-state index is 0.393. The molecule has 2 aromatic rings. The lowest BCUT2D eigenvalue weighted by Crippen LogP contribution is -1.96. The Labute approximate surface area is 118 Å². The Hall–Kier alpha value is -0.640. The van der Waals surface area contributed by atoms with Gasteiger partial charge in [0.05, 0.1) is 5.56 Å². The number of nitrogens with zero attached hydrogens (tertiary/aromatic N) is 2. The summed E-state index contributed by atoms with van der Waals surface area (Å²) in [5.74, 6) is 0.654. The van der Waals surface area contributed by atoms with Gasteiger partial charge in [-0.2, -0.15) is 0 Å². The number of benzene rings is 1. The van der Waals surface area contributed by atoms with Crippen LogP contribution in [0.25, 0.3) is 11.1 Å². The third-order valence-electron chi connectivity index (χ3n) is 2.32. The van der Waals surface area contributed by atoms with E-state index in [1.54, 1.807) is 0 Å². The first-order valence-electron chi connectivity index (χ1n) is 5.09. The lowest BCUT2D eigenvalue weighted by atomic mass is 10.1. The lowest BCUT2D eigenvalue weighted by molar-refractivity contribution is 0.942. The van der Waals surface area contributed by atoms with E-state index in [2.05, 4.69) is 25.9 Å². The molecule has 0 aliphatic rings. The largest absolute Gasteiger partial charge is 0.220 e. The summed E-state index contributed by atoms with van der Waals surface area (Å²) in [6.07, 6.45) is 0.708. The van der Waals surface area contributed by atoms with E-state index < -0.39 is 0 Å². The van der Waals surface area contributed by atoms with E-state index in [-0.39, 0.29) is 0 Å². The fraction of sp³-hybridized carbons (Fsp3) is 0.167. The van der Waals surface area contributed by atoms with Gasteiger partial charge in [0.2, 0.25) is 0 Å². The summed E-state index contributed by atoms with van der Waals surface area (Å²) in [5.41, 5.74) is 1.59. The second-order valence-corrected chi connectivity index (χ2v) is 5.09. The average Bonchev–Trinajstić information content (AvgIpc) is 2.30. The van der Waals surface area contributed by atoms with E-state index in [4.69, 9.17) is 23.2 Å². The number of hydrogen-bond acceptors (Lipinski definition) is 2. The van der Waals surface area contributed by atoms with Gasteiger partial charge in [0.25, 0.3) is 0 Å². The average molecular weight is 332 g/mol. The van der Waals surface area contributed by atoms with Gasteiger partial charge in [-0.3, -0.25) is 0 Å². The van der Waals surface area contributed by atoms with Crippen LogP contribution in [-0.4, -0.2) is 9.97 Å². The first-order chi connectivity index (χ1) is 8.11. The van der Waals surface area contributed by atoms with Crippen molar-refractivity contribution in [1.82, 2.24) is 9.97 Å². The number of halogens is 3. The van der Waals surface area contributed by atoms with Crippen molar-refractivity contribution in [2.75, 3.05) is 0 Å². The van der Waals surface area contributed by atoms with Crippen LogP contribution < -0.4 is 0 Å². The predicted octanol–water partition coefficient (Wildman–Crippen LogP) is 4.78. The van der Waals surface area contributed by atoms with Crippen LogP contribution in [-0.2, 0) is 6.42 Å². The highest BCUT2D eigenvalue weighted by molar-refractivity contribution is 9.10. The zero-order valence-electron chi connectivity index (χ0n) is 9.04. The Kier molecular flexibility index (Phi) is 4.02. The van der Waals surface area contributed by atoms with Gasteiger partial charge < -0.3 is 0 Å². The summed E-state index contributed by atoms with van der Waals surface area (Å²) < 4.78 is 1.000. The second-order valence-electron chi connectivity index (χ2n) is 3.46. The minimum atomic E-state index is 0.393. The van der Waals surface area contributed by atoms with E-state index >= 15 is 0 Å². The molecule has 0 fully saturated rings. The molecule has 0 bridgehead atoms. The molecule has 1 aromatic heterocycles. The van der Waals surface area contributed by atoms with Crippen molar-refractivity contribution in [3.63, 3.8) is 0 Å². The van der Waals surface area contributed by atoms with Crippen LogP contribution >= 0.6 is 39.1 Å². The zero-order valence-corrected chi connectivity index (χ0v) is 12.1. The normalized spacial score (nSPS) is 10.6. The zero-order chi connectivity index (χ0) is 12.4. The Balaban J connectivity index is 2.55. The maximum absolute atomic E-state index is 6.14. The summed E-state index contributed by atoms with van der Waals surface area (Å²) >= 11 is 15.7. The fourth-order valence-electron chi connectivity index (χ4n) is 1.46. The van der Waals surface area contributed by atoms with Gasteiger partial charge in [-0.1, -0.05) is 58.2 Å². The number of aromatic nitrogens is 2. The highest BCUT2D eigenvalue weighted by Crippen LogP contribution is 2.32. The third-order valence-corrected chi connectivity index (χ3v) is 3.39. The van der Waals surface area contributed by atoms with Crippen molar-refractivity contribution in [2.45, 2.75) is 13.3 Å². The van der Waals surface area contributed by atoms with E-state index in [9.17, 15) is 0 Å². The van der Waals surface area contributed by atoms with Crippen LogP contribution in [0.1, 0.15) is 12.7 Å². The summed E-state index contributed by atoms with van der Waals surface area (Å²) in [6, 6.07) is 7.70. The van der Waals surface area contributed by atoms with Crippen LogP contribution in [0.3, 0.4) is 0 Å². The van der Waals surface area contributed by atoms with Gasteiger partial charge in [0, 0.05) is 10.9 Å². The van der Waals surface area contributed by atoms with Crippen molar-refractivity contribution < 1.29 is 0 Å². The quantitative estimate of drug-likeness (QED) is 0.740. The first-order valence-corrected chi connectivity index (χ1v) is 6.64. The van der Waals surface area contributed by atoms with Gasteiger partial charge in [-0.15, -0.1) is 0 Å². The van der Waals surface area contributed by atoms with E-state index in [0.717, 1.165) is 10.0 Å². The van der Waals surface area contributed by atoms with E-state index in [1.807, 2.05) is 31.2 Å². The molecule has 2 nitrogen and oxygen atoms in total. The number of hydrogen-bond donors (Lipinski definition) is 0. The second kappa shape index (κ2) is 5.34. The van der Waals surface area contributed by atoms with Gasteiger partial charge in [0.1, 0.15) is 16.1 Å². The predicted molar refractivity (Wildman–Crippen MR) is 74.6 cm³/mol. The van der Waals surface area contributed by atoms with Gasteiger partial charge >= 0.3 is 0 Å². The molecular weight excluding hydrogens is 323 g/mol. The molecule has 1 aromatic carbocycles. The van der Waals surface area contributed by atoms with Crippen LogP contribution in [0, 0.1) is 0 Å². The summed E-state index contributed by atoms with van der Waals surface area (Å²) in [7, 11) is 0. The van der Waals surface area contributed by atoms with Crippen LogP contribution in [0.2, 0.25) is 10.3 Å². The van der Waals surface area contributed by atoms with E-state index in [0.29, 0.717) is 28.1 Å². The molecule has 0 atom stereocenters. The van der Waals surface area contributed by atoms with Crippen molar-refractivity contribution in [1.29, 1.82) is 0 Å². The molecule has 5 heteroatoms. The molecule has 0 radical (unpaired) electrons. The molecule has 0 saturated heterocycles. The summed E-state index contributed by atoms with van der Waals surface area (Å²) in [4.78, 5) is 8.42. The first kappa shape index (κ1) is 12.8. The fourth-order valence-corrected chi connectivity index (χ4v) is 2.37. The molecule has 0 N–H and O–H groups in total. The third kappa shape index (κ3) is 2.79. The van der Waals surface area contributed by atoms with Crippen molar-refractivity contribution in [2.24, 2.45) is 0 Å². The molecule has 0 spiro atoms.